The second-order valence-electron chi connectivity index (χ2n) is 3.40. The highest BCUT2D eigenvalue weighted by Crippen LogP contribution is 2.08. The van der Waals surface area contributed by atoms with Crippen LogP contribution in [0, 0.1) is 0 Å². The van der Waals surface area contributed by atoms with Crippen LogP contribution in [0.5, 0.6) is 0 Å². The average molecular weight is 214 g/mol. The molecule has 1 aromatic rings. The highest BCUT2D eigenvalue weighted by molar-refractivity contribution is 4.91. The Labute approximate surface area is 89.6 Å². The predicted octanol–water partition coefficient (Wildman–Crippen LogP) is 0.332. The molecule has 5 heteroatoms. The molecule has 0 spiro atoms. The third-order valence-electron chi connectivity index (χ3n) is 2.36. The standard InChI is InChI=1S/C10H18N2O3/c1-12-7-6-11-9(12)5-4-8(13)10(14-2)15-3/h6-8,10,13H,4-5H2,1-3H3. The number of methoxy groups -OCH3 is 2. The second-order valence-corrected chi connectivity index (χ2v) is 3.40. The second kappa shape index (κ2) is 5.85. The Kier molecular flexibility index (Phi) is 4.74. The number of hydrogen-bond donors (Lipinski definition) is 1. The number of nitrogens with zero attached hydrogens (tertiary/aromatic N) is 2. The Morgan fingerprint density at radius 1 is 1.47 bits per heavy atom. The molecule has 1 atom stereocenters. The Bertz CT molecular complexity index is 284. The van der Waals surface area contributed by atoms with Gasteiger partial charge in [0.2, 0.25) is 0 Å². The Hall–Kier alpha value is -0.910. The molecule has 1 N–H and O–H groups in total. The van der Waals surface area contributed by atoms with Crippen LogP contribution in [0.2, 0.25) is 0 Å². The summed E-state index contributed by atoms with van der Waals surface area (Å²) in [5.41, 5.74) is 0. The van der Waals surface area contributed by atoms with Gasteiger partial charge < -0.3 is 19.1 Å². The summed E-state index contributed by atoms with van der Waals surface area (Å²) in [5, 5.41) is 9.71. The van der Waals surface area contributed by atoms with E-state index in [4.69, 9.17) is 9.47 Å². The molecular formula is C10H18N2O3. The predicted molar refractivity (Wildman–Crippen MR) is 55.3 cm³/mol. The van der Waals surface area contributed by atoms with Crippen molar-refractivity contribution in [2.75, 3.05) is 14.2 Å². The minimum Gasteiger partial charge on any atom is -0.388 e. The van der Waals surface area contributed by atoms with Gasteiger partial charge in [0, 0.05) is 40.1 Å². The van der Waals surface area contributed by atoms with Crippen LogP contribution in [0.1, 0.15) is 12.2 Å². The zero-order chi connectivity index (χ0) is 11.3. The van der Waals surface area contributed by atoms with E-state index >= 15 is 0 Å². The van der Waals surface area contributed by atoms with Gasteiger partial charge in [-0.05, 0) is 6.42 Å². The number of ether oxygens (including phenoxy) is 2. The third kappa shape index (κ3) is 3.30. The number of imidazole rings is 1. The van der Waals surface area contributed by atoms with E-state index < -0.39 is 12.4 Å². The monoisotopic (exact) mass is 214 g/mol. The number of aliphatic hydroxyl groups excluding tert-OH is 1. The summed E-state index contributed by atoms with van der Waals surface area (Å²) in [6, 6.07) is 0. The van der Waals surface area contributed by atoms with Gasteiger partial charge in [0.15, 0.2) is 6.29 Å². The van der Waals surface area contributed by atoms with E-state index in [1.54, 1.807) is 6.20 Å². The third-order valence-corrected chi connectivity index (χ3v) is 2.36. The number of hydrogen-bond acceptors (Lipinski definition) is 4. The summed E-state index contributed by atoms with van der Waals surface area (Å²) < 4.78 is 11.9. The average Bonchev–Trinajstić information content (AvgIpc) is 2.63. The van der Waals surface area contributed by atoms with Gasteiger partial charge in [-0.1, -0.05) is 0 Å². The zero-order valence-electron chi connectivity index (χ0n) is 9.38. The van der Waals surface area contributed by atoms with E-state index in [-0.39, 0.29) is 0 Å². The van der Waals surface area contributed by atoms with Crippen molar-refractivity contribution in [3.8, 4) is 0 Å². The molecule has 0 amide bonds. The molecule has 86 valence electrons. The summed E-state index contributed by atoms with van der Waals surface area (Å²) >= 11 is 0. The quantitative estimate of drug-likeness (QED) is 0.693. The normalized spacial score (nSPS) is 13.4. The van der Waals surface area contributed by atoms with Crippen LogP contribution >= 0.6 is 0 Å². The lowest BCUT2D eigenvalue weighted by atomic mass is 10.2. The largest absolute Gasteiger partial charge is 0.388 e. The molecule has 0 radical (unpaired) electrons. The SMILES string of the molecule is COC(OC)C(O)CCc1nccn1C. The van der Waals surface area contributed by atoms with Gasteiger partial charge in [0.1, 0.15) is 11.9 Å². The van der Waals surface area contributed by atoms with E-state index in [9.17, 15) is 5.11 Å². The van der Waals surface area contributed by atoms with Gasteiger partial charge in [0.05, 0.1) is 0 Å². The first-order valence-electron chi connectivity index (χ1n) is 4.89. The van der Waals surface area contributed by atoms with Crippen LogP contribution in [-0.2, 0) is 22.9 Å². The molecule has 1 aromatic heterocycles. The van der Waals surface area contributed by atoms with Crippen LogP contribution in [-0.4, -0.2) is 41.3 Å². The summed E-state index contributed by atoms with van der Waals surface area (Å²) in [7, 11) is 4.95. The van der Waals surface area contributed by atoms with E-state index in [2.05, 4.69) is 4.98 Å². The first kappa shape index (κ1) is 12.2. The molecule has 5 nitrogen and oxygen atoms in total. The molecule has 15 heavy (non-hydrogen) atoms. The summed E-state index contributed by atoms with van der Waals surface area (Å²) in [6.45, 7) is 0. The maximum Gasteiger partial charge on any atom is 0.182 e. The minimum atomic E-state index is -0.628. The van der Waals surface area contributed by atoms with Gasteiger partial charge in [-0.15, -0.1) is 0 Å². The number of rotatable bonds is 6. The molecule has 0 aliphatic rings. The lowest BCUT2D eigenvalue weighted by Crippen LogP contribution is -2.30. The number of aryl methyl sites for hydroxylation is 2. The van der Waals surface area contributed by atoms with Crippen molar-refractivity contribution >= 4 is 0 Å². The summed E-state index contributed by atoms with van der Waals surface area (Å²) in [5.74, 6) is 0.944. The van der Waals surface area contributed by atoms with Crippen molar-refractivity contribution in [1.29, 1.82) is 0 Å². The fraction of sp³-hybridized carbons (Fsp3) is 0.700. The Morgan fingerprint density at radius 2 is 2.13 bits per heavy atom. The summed E-state index contributed by atoms with van der Waals surface area (Å²) in [4.78, 5) is 4.17. The molecule has 1 rings (SSSR count). The van der Waals surface area contributed by atoms with Gasteiger partial charge in [-0.25, -0.2) is 4.98 Å². The minimum absolute atomic E-state index is 0.565. The molecule has 0 aliphatic carbocycles. The molecule has 1 unspecified atom stereocenters. The fourth-order valence-electron chi connectivity index (χ4n) is 1.46. The molecule has 0 saturated heterocycles. The van der Waals surface area contributed by atoms with E-state index in [1.165, 1.54) is 14.2 Å². The molecule has 0 fully saturated rings. The van der Waals surface area contributed by atoms with Crippen molar-refractivity contribution in [2.24, 2.45) is 7.05 Å². The summed E-state index contributed by atoms with van der Waals surface area (Å²) in [6.07, 6.45) is 3.70. The first-order chi connectivity index (χ1) is 7.19. The van der Waals surface area contributed by atoms with Crippen LogP contribution in [0.4, 0.5) is 0 Å². The van der Waals surface area contributed by atoms with Crippen molar-refractivity contribution < 1.29 is 14.6 Å². The van der Waals surface area contributed by atoms with Crippen LogP contribution in [0.15, 0.2) is 12.4 Å². The molecule has 1 heterocycles. The maximum atomic E-state index is 9.71. The van der Waals surface area contributed by atoms with E-state index in [0.717, 1.165) is 5.82 Å². The maximum absolute atomic E-state index is 9.71. The molecule has 0 aromatic carbocycles. The fourth-order valence-corrected chi connectivity index (χ4v) is 1.46. The van der Waals surface area contributed by atoms with Crippen LogP contribution in [0.3, 0.4) is 0 Å². The van der Waals surface area contributed by atoms with Gasteiger partial charge >= 0.3 is 0 Å². The van der Waals surface area contributed by atoms with E-state index in [1.807, 2.05) is 17.8 Å². The van der Waals surface area contributed by atoms with Gasteiger partial charge in [-0.3, -0.25) is 0 Å². The van der Waals surface area contributed by atoms with Crippen molar-refractivity contribution in [3.63, 3.8) is 0 Å². The van der Waals surface area contributed by atoms with Gasteiger partial charge in [0.25, 0.3) is 0 Å². The van der Waals surface area contributed by atoms with Crippen molar-refractivity contribution in [1.82, 2.24) is 9.55 Å². The van der Waals surface area contributed by atoms with Crippen LogP contribution in [0.25, 0.3) is 0 Å². The topological polar surface area (TPSA) is 56.5 Å². The first-order valence-corrected chi connectivity index (χ1v) is 4.89. The molecule has 0 aliphatic heterocycles. The van der Waals surface area contributed by atoms with Crippen molar-refractivity contribution in [3.05, 3.63) is 18.2 Å². The Morgan fingerprint density at radius 3 is 2.60 bits per heavy atom. The number of aromatic nitrogens is 2. The zero-order valence-corrected chi connectivity index (χ0v) is 9.38. The molecule has 0 bridgehead atoms. The van der Waals surface area contributed by atoms with Crippen molar-refractivity contribution in [2.45, 2.75) is 25.2 Å². The van der Waals surface area contributed by atoms with E-state index in [0.29, 0.717) is 12.8 Å². The molecule has 0 saturated carbocycles. The Balaban J connectivity index is 2.40. The lowest BCUT2D eigenvalue weighted by Gasteiger charge is -2.19. The number of aliphatic hydroxyl groups is 1. The van der Waals surface area contributed by atoms with Crippen LogP contribution < -0.4 is 0 Å². The lowest BCUT2D eigenvalue weighted by molar-refractivity contribution is -0.165. The smallest absolute Gasteiger partial charge is 0.182 e. The highest BCUT2D eigenvalue weighted by Gasteiger charge is 2.18. The highest BCUT2D eigenvalue weighted by atomic mass is 16.7. The molecular weight excluding hydrogens is 196 g/mol. The van der Waals surface area contributed by atoms with Gasteiger partial charge in [-0.2, -0.15) is 0 Å².